The number of aryl methyl sites for hydroxylation is 2. The summed E-state index contributed by atoms with van der Waals surface area (Å²) in [6.45, 7) is 3.37. The van der Waals surface area contributed by atoms with Crippen LogP contribution in [0.5, 0.6) is 5.75 Å². The highest BCUT2D eigenvalue weighted by Crippen LogP contribution is 2.28. The lowest BCUT2D eigenvalue weighted by molar-refractivity contribution is -0.114. The van der Waals surface area contributed by atoms with Gasteiger partial charge in [0.2, 0.25) is 5.91 Å². The van der Waals surface area contributed by atoms with Crippen LogP contribution in [0.25, 0.3) is 0 Å². The van der Waals surface area contributed by atoms with Crippen molar-refractivity contribution in [1.82, 2.24) is 0 Å². The summed E-state index contributed by atoms with van der Waals surface area (Å²) in [6, 6.07) is 16.9. The lowest BCUT2D eigenvalue weighted by Crippen LogP contribution is -2.39. The van der Waals surface area contributed by atoms with Crippen molar-refractivity contribution < 1.29 is 22.3 Å². The van der Waals surface area contributed by atoms with E-state index in [1.807, 2.05) is 32.0 Å². The molecule has 0 heterocycles. The molecular formula is C25H27FN2O4S. The van der Waals surface area contributed by atoms with Crippen molar-refractivity contribution >= 4 is 27.3 Å². The van der Waals surface area contributed by atoms with E-state index in [0.29, 0.717) is 24.3 Å². The maximum Gasteiger partial charge on any atom is 0.264 e. The van der Waals surface area contributed by atoms with Gasteiger partial charge in [-0.2, -0.15) is 0 Å². The van der Waals surface area contributed by atoms with Crippen molar-refractivity contribution in [1.29, 1.82) is 0 Å². The number of anilines is 2. The summed E-state index contributed by atoms with van der Waals surface area (Å²) < 4.78 is 47.5. The zero-order valence-electron chi connectivity index (χ0n) is 18.8. The number of methoxy groups -OCH3 is 1. The van der Waals surface area contributed by atoms with Gasteiger partial charge in [-0.3, -0.25) is 9.10 Å². The van der Waals surface area contributed by atoms with Gasteiger partial charge in [-0.05, 0) is 60.4 Å². The molecule has 0 spiro atoms. The molecule has 174 valence electrons. The number of carbonyl (C=O) groups excluding carboxylic acids is 1. The summed E-state index contributed by atoms with van der Waals surface area (Å²) >= 11 is 0. The maximum absolute atomic E-state index is 14.7. The SMILES string of the molecule is CCc1cccc(CC)c1NC(=O)CN(c1ccccc1F)S(=O)(=O)c1ccc(OC)cc1. The Balaban J connectivity index is 2.00. The minimum Gasteiger partial charge on any atom is -0.497 e. The number of carbonyl (C=O) groups is 1. The summed E-state index contributed by atoms with van der Waals surface area (Å²) in [5.74, 6) is -0.830. The molecule has 0 aliphatic carbocycles. The third kappa shape index (κ3) is 5.34. The Hall–Kier alpha value is -3.39. The second-order valence-corrected chi connectivity index (χ2v) is 9.21. The van der Waals surface area contributed by atoms with Crippen LogP contribution in [0.1, 0.15) is 25.0 Å². The standard InChI is InChI=1S/C25H27FN2O4S/c1-4-18-9-8-10-19(5-2)25(18)27-24(29)17-28(23-12-7-6-11-22(23)26)33(30,31)21-15-13-20(32-3)14-16-21/h6-16H,4-5,17H2,1-3H3,(H,27,29). The van der Waals surface area contributed by atoms with E-state index in [0.717, 1.165) is 21.5 Å². The normalized spacial score (nSPS) is 11.2. The molecule has 3 rings (SSSR count). The van der Waals surface area contributed by atoms with E-state index in [9.17, 15) is 17.6 Å². The molecule has 0 saturated heterocycles. The molecule has 0 aromatic heterocycles. The number of halogens is 1. The van der Waals surface area contributed by atoms with Gasteiger partial charge in [0.05, 0.1) is 17.7 Å². The van der Waals surface area contributed by atoms with Crippen LogP contribution in [0.2, 0.25) is 0 Å². The lowest BCUT2D eigenvalue weighted by Gasteiger charge is -2.25. The molecule has 1 N–H and O–H groups in total. The Morgan fingerprint density at radius 2 is 1.55 bits per heavy atom. The number of para-hydroxylation sites is 2. The maximum atomic E-state index is 14.7. The second kappa shape index (κ2) is 10.5. The van der Waals surface area contributed by atoms with Gasteiger partial charge in [-0.25, -0.2) is 12.8 Å². The average Bonchev–Trinajstić information content (AvgIpc) is 2.83. The Kier molecular flexibility index (Phi) is 7.71. The number of nitrogens with one attached hydrogen (secondary N) is 1. The fraction of sp³-hybridized carbons (Fsp3) is 0.240. The molecule has 0 saturated carbocycles. The van der Waals surface area contributed by atoms with Gasteiger partial charge in [0.25, 0.3) is 10.0 Å². The van der Waals surface area contributed by atoms with E-state index in [1.54, 1.807) is 0 Å². The predicted molar refractivity (Wildman–Crippen MR) is 128 cm³/mol. The molecule has 0 radical (unpaired) electrons. The minimum atomic E-state index is -4.24. The number of benzene rings is 3. The zero-order chi connectivity index (χ0) is 24.0. The van der Waals surface area contributed by atoms with Crippen molar-refractivity contribution in [3.8, 4) is 5.75 Å². The van der Waals surface area contributed by atoms with Crippen LogP contribution < -0.4 is 14.4 Å². The van der Waals surface area contributed by atoms with Gasteiger partial charge in [0.15, 0.2) is 0 Å². The topological polar surface area (TPSA) is 75.7 Å². The Bertz CT molecular complexity index is 1210. The third-order valence-corrected chi connectivity index (χ3v) is 7.09. The van der Waals surface area contributed by atoms with Crippen molar-refractivity contribution in [3.63, 3.8) is 0 Å². The van der Waals surface area contributed by atoms with E-state index < -0.39 is 28.3 Å². The van der Waals surface area contributed by atoms with Gasteiger partial charge in [-0.15, -0.1) is 0 Å². The monoisotopic (exact) mass is 470 g/mol. The van der Waals surface area contributed by atoms with Crippen LogP contribution >= 0.6 is 0 Å². The fourth-order valence-electron chi connectivity index (χ4n) is 3.54. The minimum absolute atomic E-state index is 0.0810. The third-order valence-electron chi connectivity index (χ3n) is 5.32. The van der Waals surface area contributed by atoms with Crippen LogP contribution in [-0.4, -0.2) is 28.0 Å². The molecule has 0 aliphatic rings. The van der Waals surface area contributed by atoms with Crippen LogP contribution in [0.4, 0.5) is 15.8 Å². The Labute approximate surface area is 194 Å². The summed E-state index contributed by atoms with van der Waals surface area (Å²) in [4.78, 5) is 13.0. The largest absolute Gasteiger partial charge is 0.497 e. The number of rotatable bonds is 9. The van der Waals surface area contributed by atoms with Crippen molar-refractivity contribution in [2.45, 2.75) is 31.6 Å². The lowest BCUT2D eigenvalue weighted by atomic mass is 10.0. The quantitative estimate of drug-likeness (QED) is 0.488. The van der Waals surface area contributed by atoms with E-state index in [4.69, 9.17) is 4.74 Å². The first-order valence-corrected chi connectivity index (χ1v) is 12.1. The van der Waals surface area contributed by atoms with Crippen molar-refractivity contribution in [2.75, 3.05) is 23.3 Å². The number of nitrogens with zero attached hydrogens (tertiary/aromatic N) is 1. The van der Waals surface area contributed by atoms with Crippen molar-refractivity contribution in [3.05, 3.63) is 83.7 Å². The molecule has 1 amide bonds. The number of amides is 1. The number of ether oxygens (including phenoxy) is 1. The van der Waals surface area contributed by atoms with Gasteiger partial charge < -0.3 is 10.1 Å². The number of sulfonamides is 1. The zero-order valence-corrected chi connectivity index (χ0v) is 19.7. The van der Waals surface area contributed by atoms with Gasteiger partial charge in [0, 0.05) is 5.69 Å². The molecule has 33 heavy (non-hydrogen) atoms. The molecule has 0 unspecified atom stereocenters. The first kappa shape index (κ1) is 24.3. The molecule has 3 aromatic carbocycles. The molecule has 0 bridgehead atoms. The summed E-state index contributed by atoms with van der Waals surface area (Å²) in [5.41, 5.74) is 2.35. The first-order chi connectivity index (χ1) is 15.8. The predicted octanol–water partition coefficient (Wildman–Crippen LogP) is 4.79. The van der Waals surface area contributed by atoms with Crippen LogP contribution in [-0.2, 0) is 27.7 Å². The summed E-state index contributed by atoms with van der Waals surface area (Å²) in [6.07, 6.45) is 1.40. The molecule has 6 nitrogen and oxygen atoms in total. The van der Waals surface area contributed by atoms with Crippen molar-refractivity contribution in [2.24, 2.45) is 0 Å². The van der Waals surface area contributed by atoms with Crippen LogP contribution in [0.3, 0.4) is 0 Å². The molecule has 0 fully saturated rings. The van der Waals surface area contributed by atoms with E-state index in [-0.39, 0.29) is 10.6 Å². The van der Waals surface area contributed by atoms with Gasteiger partial charge >= 0.3 is 0 Å². The van der Waals surface area contributed by atoms with E-state index in [2.05, 4.69) is 5.32 Å². The number of hydrogen-bond donors (Lipinski definition) is 1. The van der Waals surface area contributed by atoms with Crippen LogP contribution in [0, 0.1) is 5.82 Å². The van der Waals surface area contributed by atoms with Gasteiger partial charge in [0.1, 0.15) is 18.1 Å². The highest BCUT2D eigenvalue weighted by Gasteiger charge is 2.29. The molecule has 0 atom stereocenters. The molecule has 8 heteroatoms. The smallest absolute Gasteiger partial charge is 0.264 e. The molecule has 3 aromatic rings. The second-order valence-electron chi connectivity index (χ2n) is 7.35. The Morgan fingerprint density at radius 3 is 2.09 bits per heavy atom. The first-order valence-electron chi connectivity index (χ1n) is 10.6. The Morgan fingerprint density at radius 1 is 0.939 bits per heavy atom. The van der Waals surface area contributed by atoms with E-state index >= 15 is 0 Å². The summed E-state index contributed by atoms with van der Waals surface area (Å²) in [7, 11) is -2.77. The average molecular weight is 471 g/mol. The van der Waals surface area contributed by atoms with E-state index in [1.165, 1.54) is 49.6 Å². The summed E-state index contributed by atoms with van der Waals surface area (Å²) in [5, 5.41) is 2.85. The molecule has 0 aliphatic heterocycles. The number of hydrogen-bond acceptors (Lipinski definition) is 4. The highest BCUT2D eigenvalue weighted by atomic mass is 32.2. The van der Waals surface area contributed by atoms with Gasteiger partial charge in [-0.1, -0.05) is 44.2 Å². The molecular weight excluding hydrogens is 443 g/mol. The highest BCUT2D eigenvalue weighted by molar-refractivity contribution is 7.92. The van der Waals surface area contributed by atoms with Crippen LogP contribution in [0.15, 0.2) is 71.6 Å². The fourth-order valence-corrected chi connectivity index (χ4v) is 4.97.